The van der Waals surface area contributed by atoms with Gasteiger partial charge in [0, 0.05) is 13.0 Å². The van der Waals surface area contributed by atoms with E-state index in [0.29, 0.717) is 42.4 Å². The molecule has 1 saturated heterocycles. The molecule has 0 spiro atoms. The van der Waals surface area contributed by atoms with Crippen LogP contribution in [-0.2, 0) is 14.8 Å². The molecule has 0 radical (unpaired) electrons. The first kappa shape index (κ1) is 20.0. The predicted octanol–water partition coefficient (Wildman–Crippen LogP) is 3.33. The molecule has 1 heterocycles. The van der Waals surface area contributed by atoms with Gasteiger partial charge in [-0.05, 0) is 62.2 Å². The Morgan fingerprint density at radius 1 is 1.14 bits per heavy atom. The number of nitrogens with one attached hydrogen (secondary N) is 1. The van der Waals surface area contributed by atoms with Crippen molar-refractivity contribution in [1.82, 2.24) is 0 Å². The number of sulfonamides is 1. The van der Waals surface area contributed by atoms with Gasteiger partial charge in [-0.3, -0.25) is 9.52 Å². The number of hydrogen-bond donors (Lipinski definition) is 1. The van der Waals surface area contributed by atoms with Gasteiger partial charge in [0.15, 0.2) is 0 Å². The number of hydrogen-bond acceptors (Lipinski definition) is 5. The van der Waals surface area contributed by atoms with Crippen LogP contribution in [0.2, 0.25) is 0 Å². The second-order valence-corrected chi connectivity index (χ2v) is 8.18. The molecule has 2 aromatic carbocycles. The van der Waals surface area contributed by atoms with E-state index >= 15 is 0 Å². The van der Waals surface area contributed by atoms with Gasteiger partial charge < -0.3 is 14.4 Å². The summed E-state index contributed by atoms with van der Waals surface area (Å²) in [6.07, 6.45) is 1.24. The van der Waals surface area contributed by atoms with Gasteiger partial charge in [-0.1, -0.05) is 0 Å². The Balaban J connectivity index is 1.90. The lowest BCUT2D eigenvalue weighted by atomic mass is 10.2. The molecule has 1 amide bonds. The summed E-state index contributed by atoms with van der Waals surface area (Å²) in [5.74, 6) is 1.18. The zero-order valence-corrected chi connectivity index (χ0v) is 17.0. The number of anilines is 2. The first-order chi connectivity index (χ1) is 13.4. The summed E-state index contributed by atoms with van der Waals surface area (Å²) in [4.78, 5) is 13.9. The largest absolute Gasteiger partial charge is 0.495 e. The fraction of sp³-hybridized carbons (Fsp3) is 0.350. The van der Waals surface area contributed by atoms with Crippen molar-refractivity contribution in [3.05, 3.63) is 42.0 Å². The lowest BCUT2D eigenvalue weighted by molar-refractivity contribution is -0.117. The number of carbonyl (C=O) groups excluding carboxylic acids is 1. The Morgan fingerprint density at radius 3 is 2.50 bits per heavy atom. The first-order valence-electron chi connectivity index (χ1n) is 9.10. The Labute approximate surface area is 165 Å². The van der Waals surface area contributed by atoms with Gasteiger partial charge in [-0.25, -0.2) is 8.42 Å². The average Bonchev–Trinajstić information content (AvgIpc) is 3.09. The highest BCUT2D eigenvalue weighted by Crippen LogP contribution is 2.34. The molecule has 8 heteroatoms. The van der Waals surface area contributed by atoms with E-state index < -0.39 is 10.0 Å². The summed E-state index contributed by atoms with van der Waals surface area (Å²) in [6, 6.07) is 9.62. The molecule has 1 fully saturated rings. The van der Waals surface area contributed by atoms with Crippen LogP contribution >= 0.6 is 0 Å². The smallest absolute Gasteiger partial charge is 0.261 e. The molecule has 3 rings (SSSR count). The average molecular weight is 404 g/mol. The van der Waals surface area contributed by atoms with E-state index in [-0.39, 0.29) is 10.8 Å². The maximum absolute atomic E-state index is 12.8. The summed E-state index contributed by atoms with van der Waals surface area (Å²) in [5, 5.41) is 0. The molecular formula is C20H24N2O5S. The summed E-state index contributed by atoms with van der Waals surface area (Å²) >= 11 is 0. The van der Waals surface area contributed by atoms with Crippen molar-refractivity contribution < 1.29 is 22.7 Å². The van der Waals surface area contributed by atoms with E-state index in [9.17, 15) is 13.2 Å². The Morgan fingerprint density at radius 2 is 1.89 bits per heavy atom. The van der Waals surface area contributed by atoms with Crippen molar-refractivity contribution in [1.29, 1.82) is 0 Å². The Bertz CT molecular complexity index is 988. The number of carbonyl (C=O) groups is 1. The highest BCUT2D eigenvalue weighted by molar-refractivity contribution is 7.92. The van der Waals surface area contributed by atoms with Crippen LogP contribution in [0, 0.1) is 6.92 Å². The number of rotatable bonds is 7. The maximum Gasteiger partial charge on any atom is 0.261 e. The molecule has 1 aliphatic heterocycles. The zero-order valence-electron chi connectivity index (χ0n) is 16.2. The predicted molar refractivity (Wildman–Crippen MR) is 108 cm³/mol. The van der Waals surface area contributed by atoms with Crippen molar-refractivity contribution in [3.8, 4) is 11.5 Å². The minimum absolute atomic E-state index is 0.000412. The number of aryl methyl sites for hydroxylation is 1. The van der Waals surface area contributed by atoms with Gasteiger partial charge in [0.2, 0.25) is 5.91 Å². The summed E-state index contributed by atoms with van der Waals surface area (Å²) in [5.41, 5.74) is 1.66. The van der Waals surface area contributed by atoms with Gasteiger partial charge in [-0.2, -0.15) is 0 Å². The molecule has 28 heavy (non-hydrogen) atoms. The van der Waals surface area contributed by atoms with Crippen molar-refractivity contribution in [2.75, 3.05) is 29.9 Å². The number of nitrogens with zero attached hydrogens (tertiary/aromatic N) is 1. The highest BCUT2D eigenvalue weighted by Gasteiger charge is 2.25. The fourth-order valence-corrected chi connectivity index (χ4v) is 4.32. The number of benzene rings is 2. The van der Waals surface area contributed by atoms with E-state index in [1.807, 2.05) is 6.92 Å². The van der Waals surface area contributed by atoms with Gasteiger partial charge in [0.25, 0.3) is 10.0 Å². The molecule has 0 atom stereocenters. The number of ether oxygens (including phenoxy) is 2. The quantitative estimate of drug-likeness (QED) is 0.765. The van der Waals surface area contributed by atoms with Crippen LogP contribution in [0.4, 0.5) is 11.4 Å². The van der Waals surface area contributed by atoms with Gasteiger partial charge in [0.05, 0.1) is 30.0 Å². The van der Waals surface area contributed by atoms with Crippen molar-refractivity contribution >= 4 is 27.3 Å². The van der Waals surface area contributed by atoms with Crippen molar-refractivity contribution in [2.45, 2.75) is 31.6 Å². The van der Waals surface area contributed by atoms with Crippen LogP contribution in [0.25, 0.3) is 0 Å². The third-order valence-corrected chi connectivity index (χ3v) is 5.93. The van der Waals surface area contributed by atoms with Crippen LogP contribution in [-0.4, -0.2) is 34.6 Å². The van der Waals surface area contributed by atoms with Crippen LogP contribution in [0.5, 0.6) is 11.5 Å². The summed E-state index contributed by atoms with van der Waals surface area (Å²) in [7, 11) is -2.27. The van der Waals surface area contributed by atoms with Gasteiger partial charge in [0.1, 0.15) is 11.5 Å². The van der Waals surface area contributed by atoms with Crippen LogP contribution in [0.1, 0.15) is 25.3 Å². The molecule has 0 bridgehead atoms. The Kier molecular flexibility index (Phi) is 5.79. The molecule has 0 saturated carbocycles. The third-order valence-electron chi connectivity index (χ3n) is 4.55. The van der Waals surface area contributed by atoms with E-state index in [4.69, 9.17) is 9.47 Å². The van der Waals surface area contributed by atoms with E-state index in [0.717, 1.165) is 12.0 Å². The summed E-state index contributed by atoms with van der Waals surface area (Å²) < 4.78 is 39.0. The third kappa shape index (κ3) is 4.06. The second kappa shape index (κ2) is 8.10. The molecular weight excluding hydrogens is 380 g/mol. The van der Waals surface area contributed by atoms with E-state index in [1.165, 1.54) is 13.2 Å². The minimum atomic E-state index is -3.79. The first-order valence-corrected chi connectivity index (χ1v) is 10.6. The second-order valence-electron chi connectivity index (χ2n) is 6.50. The zero-order chi connectivity index (χ0) is 20.3. The maximum atomic E-state index is 12.8. The monoisotopic (exact) mass is 404 g/mol. The molecule has 150 valence electrons. The van der Waals surface area contributed by atoms with Crippen LogP contribution in [0.3, 0.4) is 0 Å². The topological polar surface area (TPSA) is 84.9 Å². The molecule has 2 aromatic rings. The van der Waals surface area contributed by atoms with Crippen molar-refractivity contribution in [2.24, 2.45) is 0 Å². The lowest BCUT2D eigenvalue weighted by Gasteiger charge is -2.20. The number of methoxy groups -OCH3 is 1. The normalized spacial score (nSPS) is 14.2. The van der Waals surface area contributed by atoms with Crippen LogP contribution in [0.15, 0.2) is 41.3 Å². The minimum Gasteiger partial charge on any atom is -0.495 e. The molecule has 7 nitrogen and oxygen atoms in total. The van der Waals surface area contributed by atoms with E-state index in [2.05, 4.69) is 4.72 Å². The summed E-state index contributed by atoms with van der Waals surface area (Å²) in [6.45, 7) is 4.77. The number of amides is 1. The van der Waals surface area contributed by atoms with Crippen molar-refractivity contribution in [3.63, 3.8) is 0 Å². The highest BCUT2D eigenvalue weighted by atomic mass is 32.2. The SMILES string of the molecule is CCOc1ccc(S(=O)(=O)Nc2ccc(OC)c(N3CCCC3=O)c2)cc1C. The molecule has 0 aliphatic carbocycles. The van der Waals surface area contributed by atoms with Gasteiger partial charge >= 0.3 is 0 Å². The molecule has 1 N–H and O–H groups in total. The standard InChI is InChI=1S/C20H24N2O5S/c1-4-27-18-10-8-16(12-14(18)2)28(24,25)21-15-7-9-19(26-3)17(13-15)22-11-5-6-20(22)23/h7-10,12-13,21H,4-6,11H2,1-3H3. The Hall–Kier alpha value is -2.74. The van der Waals surface area contributed by atoms with E-state index in [1.54, 1.807) is 42.2 Å². The van der Waals surface area contributed by atoms with Gasteiger partial charge in [-0.15, -0.1) is 0 Å². The molecule has 1 aliphatic rings. The molecule has 0 unspecified atom stereocenters. The van der Waals surface area contributed by atoms with Crippen LogP contribution < -0.4 is 19.1 Å². The molecule has 0 aromatic heterocycles. The fourth-order valence-electron chi connectivity index (χ4n) is 3.19. The lowest BCUT2D eigenvalue weighted by Crippen LogP contribution is -2.24.